The van der Waals surface area contributed by atoms with E-state index in [0.717, 1.165) is 10.1 Å². The van der Waals surface area contributed by atoms with E-state index in [1.807, 2.05) is 0 Å². The molecule has 0 aliphatic carbocycles. The number of thiophene rings is 2. The van der Waals surface area contributed by atoms with Crippen molar-refractivity contribution in [3.8, 4) is 0 Å². The zero-order valence-electron chi connectivity index (χ0n) is 16.3. The number of nitrogens with two attached hydrogens (primary N) is 1. The minimum Gasteiger partial charge on any atom is -0.383 e. The van der Waals surface area contributed by atoms with Gasteiger partial charge in [0.25, 0.3) is 15.9 Å². The van der Waals surface area contributed by atoms with Gasteiger partial charge in [-0.1, -0.05) is 29.3 Å². The molecular formula is C19H18Cl2N4O3S3. The standard InChI is InChI=1S/C19H18Cl2N4O3S3/c1-23-18(22)13-10-29-17(16(13)21)19(26)24-4-6-25(7-5-24)31(27,28)15-8-11-2-3-12(20)9-14(11)30-15/h2-3,8-10H,4-7H2,1H3,(H2,22,23). The minimum absolute atomic E-state index is 0.206. The predicted octanol–water partition coefficient (Wildman–Crippen LogP) is 3.75. The molecule has 1 aromatic carbocycles. The molecule has 12 heteroatoms. The third-order valence-corrected chi connectivity index (χ3v) is 10.2. The van der Waals surface area contributed by atoms with Gasteiger partial charge in [-0.2, -0.15) is 4.31 Å². The zero-order valence-corrected chi connectivity index (χ0v) is 20.3. The predicted molar refractivity (Wildman–Crippen MR) is 127 cm³/mol. The fourth-order valence-corrected chi connectivity index (χ4v) is 7.89. The second kappa shape index (κ2) is 8.68. The molecule has 2 aromatic heterocycles. The molecule has 3 aromatic rings. The molecule has 1 amide bonds. The van der Waals surface area contributed by atoms with Gasteiger partial charge in [0.05, 0.1) is 5.02 Å². The molecule has 0 atom stereocenters. The third kappa shape index (κ3) is 4.20. The number of nitrogens with zero attached hydrogens (tertiary/aromatic N) is 3. The summed E-state index contributed by atoms with van der Waals surface area (Å²) in [6.07, 6.45) is 0. The molecule has 0 radical (unpaired) electrons. The first kappa shape index (κ1) is 22.5. The van der Waals surface area contributed by atoms with Crippen LogP contribution in [0, 0.1) is 0 Å². The first-order valence-corrected chi connectivity index (χ1v) is 13.1. The largest absolute Gasteiger partial charge is 0.383 e. The Balaban J connectivity index is 1.49. The normalized spacial score (nSPS) is 16.2. The third-order valence-electron chi connectivity index (χ3n) is 5.02. The van der Waals surface area contributed by atoms with E-state index < -0.39 is 10.0 Å². The number of hydrogen-bond donors (Lipinski definition) is 1. The first-order chi connectivity index (χ1) is 14.7. The number of rotatable bonds is 4. The summed E-state index contributed by atoms with van der Waals surface area (Å²) >= 11 is 14.7. The zero-order chi connectivity index (χ0) is 22.3. The summed E-state index contributed by atoms with van der Waals surface area (Å²) in [5.41, 5.74) is 6.34. The van der Waals surface area contributed by atoms with E-state index in [2.05, 4.69) is 4.99 Å². The van der Waals surface area contributed by atoms with E-state index in [0.29, 0.717) is 15.5 Å². The molecule has 7 nitrogen and oxygen atoms in total. The van der Waals surface area contributed by atoms with Crippen LogP contribution in [-0.2, 0) is 10.0 Å². The lowest BCUT2D eigenvalue weighted by Gasteiger charge is -2.33. The van der Waals surface area contributed by atoms with E-state index in [1.54, 1.807) is 41.6 Å². The molecule has 4 rings (SSSR count). The summed E-state index contributed by atoms with van der Waals surface area (Å²) in [6.45, 7) is 0.959. The van der Waals surface area contributed by atoms with Gasteiger partial charge in [-0.05, 0) is 23.6 Å². The quantitative estimate of drug-likeness (QED) is 0.421. The number of carbonyl (C=O) groups is 1. The number of aliphatic imine (C=N–C) groups is 1. The fourth-order valence-electron chi connectivity index (χ4n) is 3.29. The number of benzene rings is 1. The van der Waals surface area contributed by atoms with Gasteiger partial charge in [0.15, 0.2) is 0 Å². The Kier molecular flexibility index (Phi) is 6.30. The van der Waals surface area contributed by atoms with Crippen LogP contribution in [0.3, 0.4) is 0 Å². The highest BCUT2D eigenvalue weighted by atomic mass is 35.5. The maximum Gasteiger partial charge on any atom is 0.265 e. The molecule has 1 fully saturated rings. The topological polar surface area (TPSA) is 96.1 Å². The lowest BCUT2D eigenvalue weighted by molar-refractivity contribution is 0.0703. The molecule has 0 bridgehead atoms. The van der Waals surface area contributed by atoms with E-state index in [-0.39, 0.29) is 47.2 Å². The number of amides is 1. The summed E-state index contributed by atoms with van der Waals surface area (Å²) in [4.78, 5) is 18.8. The maximum absolute atomic E-state index is 13.1. The van der Waals surface area contributed by atoms with Crippen LogP contribution < -0.4 is 5.73 Å². The van der Waals surface area contributed by atoms with Crippen LogP contribution in [0.15, 0.2) is 38.8 Å². The van der Waals surface area contributed by atoms with Gasteiger partial charge in [0.1, 0.15) is 14.9 Å². The van der Waals surface area contributed by atoms with Crippen LogP contribution in [0.25, 0.3) is 10.1 Å². The highest BCUT2D eigenvalue weighted by Gasteiger charge is 2.33. The number of sulfonamides is 1. The monoisotopic (exact) mass is 516 g/mol. The van der Waals surface area contributed by atoms with Gasteiger partial charge in [-0.25, -0.2) is 8.42 Å². The van der Waals surface area contributed by atoms with E-state index in [4.69, 9.17) is 28.9 Å². The van der Waals surface area contributed by atoms with Gasteiger partial charge in [0, 0.05) is 53.9 Å². The molecule has 1 aliphatic heterocycles. The van der Waals surface area contributed by atoms with E-state index in [9.17, 15) is 13.2 Å². The average molecular weight is 517 g/mol. The Bertz CT molecular complexity index is 1290. The average Bonchev–Trinajstić information content (AvgIpc) is 3.36. The van der Waals surface area contributed by atoms with Crippen molar-refractivity contribution in [2.24, 2.45) is 10.7 Å². The highest BCUT2D eigenvalue weighted by Crippen LogP contribution is 2.33. The lowest BCUT2D eigenvalue weighted by atomic mass is 10.2. The van der Waals surface area contributed by atoms with Crippen LogP contribution in [0.1, 0.15) is 15.2 Å². The van der Waals surface area contributed by atoms with Gasteiger partial charge in [-0.15, -0.1) is 22.7 Å². The van der Waals surface area contributed by atoms with Gasteiger partial charge in [0.2, 0.25) is 0 Å². The molecule has 2 N–H and O–H groups in total. The van der Waals surface area contributed by atoms with Gasteiger partial charge in [-0.3, -0.25) is 9.79 Å². The summed E-state index contributed by atoms with van der Waals surface area (Å²) in [5, 5.41) is 3.37. The Morgan fingerprint density at radius 3 is 2.55 bits per heavy atom. The summed E-state index contributed by atoms with van der Waals surface area (Å²) < 4.78 is 28.7. The smallest absolute Gasteiger partial charge is 0.265 e. The number of piperazine rings is 1. The molecular weight excluding hydrogens is 499 g/mol. The summed E-state index contributed by atoms with van der Waals surface area (Å²) in [7, 11) is -2.10. The van der Waals surface area contributed by atoms with Crippen LogP contribution in [-0.4, -0.2) is 62.6 Å². The van der Waals surface area contributed by atoms with Crippen molar-refractivity contribution in [1.82, 2.24) is 9.21 Å². The Morgan fingerprint density at radius 1 is 1.16 bits per heavy atom. The van der Waals surface area contributed by atoms with Crippen LogP contribution in [0.5, 0.6) is 0 Å². The van der Waals surface area contributed by atoms with Crippen LogP contribution in [0.4, 0.5) is 0 Å². The molecule has 31 heavy (non-hydrogen) atoms. The lowest BCUT2D eigenvalue weighted by Crippen LogP contribution is -2.50. The summed E-state index contributed by atoms with van der Waals surface area (Å²) in [5.74, 6) is 0.0274. The number of carbonyl (C=O) groups excluding carboxylic acids is 1. The molecule has 0 spiro atoms. The number of hydrogen-bond acceptors (Lipinski definition) is 6. The SMILES string of the molecule is CN=C(N)c1csc(C(=O)N2CCN(S(=O)(=O)c3cc4ccc(Cl)cc4s3)CC2)c1Cl. The van der Waals surface area contributed by atoms with Crippen LogP contribution >= 0.6 is 45.9 Å². The van der Waals surface area contributed by atoms with Crippen molar-refractivity contribution in [1.29, 1.82) is 0 Å². The maximum atomic E-state index is 13.1. The first-order valence-electron chi connectivity index (χ1n) is 9.20. The highest BCUT2D eigenvalue weighted by molar-refractivity contribution is 7.91. The molecule has 164 valence electrons. The second-order valence-electron chi connectivity index (χ2n) is 6.85. The number of amidine groups is 1. The van der Waals surface area contributed by atoms with E-state index in [1.165, 1.54) is 27.0 Å². The molecule has 0 saturated carbocycles. The van der Waals surface area contributed by atoms with Crippen molar-refractivity contribution < 1.29 is 13.2 Å². The number of halogens is 2. The Morgan fingerprint density at radius 2 is 1.87 bits per heavy atom. The second-order valence-corrected chi connectivity index (χ2v) is 11.8. The van der Waals surface area contributed by atoms with Crippen LogP contribution in [0.2, 0.25) is 10.0 Å². The van der Waals surface area contributed by atoms with Crippen molar-refractivity contribution in [3.05, 3.63) is 50.1 Å². The van der Waals surface area contributed by atoms with Crippen molar-refractivity contribution in [2.45, 2.75) is 4.21 Å². The van der Waals surface area contributed by atoms with Crippen molar-refractivity contribution in [2.75, 3.05) is 33.2 Å². The molecule has 1 aliphatic rings. The fraction of sp³-hybridized carbons (Fsp3) is 0.263. The van der Waals surface area contributed by atoms with Gasteiger partial charge < -0.3 is 10.6 Å². The Hall–Kier alpha value is -1.69. The van der Waals surface area contributed by atoms with E-state index >= 15 is 0 Å². The van der Waals surface area contributed by atoms with Crippen molar-refractivity contribution >= 4 is 77.7 Å². The minimum atomic E-state index is -3.65. The van der Waals surface area contributed by atoms with Gasteiger partial charge >= 0.3 is 0 Å². The molecule has 3 heterocycles. The Labute approximate surface area is 197 Å². The molecule has 1 saturated heterocycles. The van der Waals surface area contributed by atoms with Crippen molar-refractivity contribution in [3.63, 3.8) is 0 Å². The number of fused-ring (bicyclic) bond motifs is 1. The molecule has 0 unspecified atom stereocenters. The summed E-state index contributed by atoms with van der Waals surface area (Å²) in [6, 6.07) is 6.96.